The number of rotatable bonds is 5. The largest absolute Gasteiger partial charge is 0.338 e. The molecule has 32 heavy (non-hydrogen) atoms. The van der Waals surface area contributed by atoms with Crippen LogP contribution in [0.1, 0.15) is 28.9 Å². The highest BCUT2D eigenvalue weighted by atomic mass is 19.1. The topological polar surface area (TPSA) is 79.3 Å². The fraction of sp³-hybridized carbons (Fsp3) is 0.292. The summed E-state index contributed by atoms with van der Waals surface area (Å²) in [6.07, 6.45) is 3.37. The van der Waals surface area contributed by atoms with Gasteiger partial charge in [0.25, 0.3) is 5.91 Å². The number of carbonyl (C=O) groups excluding carboxylic acids is 2. The zero-order valence-electron chi connectivity index (χ0n) is 17.9. The van der Waals surface area contributed by atoms with Crippen molar-refractivity contribution < 1.29 is 14.0 Å². The van der Waals surface area contributed by atoms with Crippen LogP contribution in [0.2, 0.25) is 0 Å². The Bertz CT molecular complexity index is 1100. The molecule has 0 saturated carbocycles. The Balaban J connectivity index is 1.31. The monoisotopic (exact) mass is 435 g/mol. The minimum atomic E-state index is -0.400. The maximum absolute atomic E-state index is 14.0. The number of para-hydroxylation sites is 1. The molecule has 3 aromatic rings. The van der Waals surface area contributed by atoms with E-state index < -0.39 is 5.82 Å². The second-order valence-corrected chi connectivity index (χ2v) is 8.06. The number of piperidine rings is 1. The van der Waals surface area contributed by atoms with Gasteiger partial charge in [-0.2, -0.15) is 5.10 Å². The van der Waals surface area contributed by atoms with Crippen LogP contribution in [-0.4, -0.2) is 46.3 Å². The number of carbonyl (C=O) groups is 2. The summed E-state index contributed by atoms with van der Waals surface area (Å²) in [4.78, 5) is 26.9. The molecule has 2 aromatic carbocycles. The zero-order chi connectivity index (χ0) is 22.5. The van der Waals surface area contributed by atoms with Crippen LogP contribution in [0.4, 0.5) is 14.9 Å². The number of nitrogens with one attached hydrogen (secondary N) is 2. The first-order chi connectivity index (χ1) is 15.5. The highest BCUT2D eigenvalue weighted by Gasteiger charge is 2.26. The number of likely N-dealkylation sites (tertiary alicyclic amines) is 1. The molecule has 0 radical (unpaired) electrons. The Labute approximate surface area is 186 Å². The molecule has 0 spiro atoms. The van der Waals surface area contributed by atoms with Gasteiger partial charge < -0.3 is 15.5 Å². The van der Waals surface area contributed by atoms with Crippen LogP contribution in [0.5, 0.6) is 0 Å². The van der Waals surface area contributed by atoms with Gasteiger partial charge in [-0.15, -0.1) is 0 Å². The standard InChI is InChI=1S/C24H26FN5O2/c1-17-8-10-19(11-9-17)27-24(32)26-15-18-5-4-13-29(16-18)23(31)21-12-14-30(28-21)22-7-3-2-6-20(22)25/h2-3,6-12,14,18H,4-5,13,15-16H2,1H3,(H2,26,27,32). The number of hydrogen-bond donors (Lipinski definition) is 2. The van der Waals surface area contributed by atoms with E-state index in [1.807, 2.05) is 31.2 Å². The van der Waals surface area contributed by atoms with Gasteiger partial charge >= 0.3 is 6.03 Å². The molecule has 3 amide bonds. The van der Waals surface area contributed by atoms with E-state index in [0.29, 0.717) is 25.3 Å². The summed E-state index contributed by atoms with van der Waals surface area (Å²) in [7, 11) is 0. The van der Waals surface area contributed by atoms with Gasteiger partial charge in [0.2, 0.25) is 0 Å². The van der Waals surface area contributed by atoms with E-state index in [-0.39, 0.29) is 23.6 Å². The first kappa shape index (κ1) is 21.5. The molecule has 7 nitrogen and oxygen atoms in total. The molecule has 1 fully saturated rings. The van der Waals surface area contributed by atoms with Crippen LogP contribution in [-0.2, 0) is 0 Å². The fourth-order valence-electron chi connectivity index (χ4n) is 3.84. The lowest BCUT2D eigenvalue weighted by atomic mass is 9.98. The average molecular weight is 436 g/mol. The number of benzene rings is 2. The maximum atomic E-state index is 14.0. The number of urea groups is 1. The molecule has 0 aliphatic carbocycles. The Morgan fingerprint density at radius 1 is 1.12 bits per heavy atom. The molecular formula is C24H26FN5O2. The van der Waals surface area contributed by atoms with E-state index in [1.54, 1.807) is 35.4 Å². The van der Waals surface area contributed by atoms with E-state index in [2.05, 4.69) is 15.7 Å². The van der Waals surface area contributed by atoms with E-state index >= 15 is 0 Å². The van der Waals surface area contributed by atoms with Crippen molar-refractivity contribution in [1.82, 2.24) is 20.0 Å². The molecule has 2 N–H and O–H groups in total. The van der Waals surface area contributed by atoms with Gasteiger partial charge in [-0.3, -0.25) is 4.79 Å². The molecule has 1 saturated heterocycles. The number of anilines is 1. The zero-order valence-corrected chi connectivity index (χ0v) is 17.9. The number of halogens is 1. The second kappa shape index (κ2) is 9.64. The molecule has 8 heteroatoms. The molecule has 0 bridgehead atoms. The average Bonchev–Trinajstić information content (AvgIpc) is 3.29. The molecule has 2 heterocycles. The van der Waals surface area contributed by atoms with Crippen molar-refractivity contribution in [3.05, 3.63) is 77.9 Å². The number of hydrogen-bond acceptors (Lipinski definition) is 3. The minimum Gasteiger partial charge on any atom is -0.338 e. The van der Waals surface area contributed by atoms with Gasteiger partial charge in [-0.1, -0.05) is 29.8 Å². The lowest BCUT2D eigenvalue weighted by Crippen LogP contribution is -2.44. The van der Waals surface area contributed by atoms with E-state index in [0.717, 1.165) is 24.1 Å². The normalized spacial score (nSPS) is 15.9. The van der Waals surface area contributed by atoms with Crippen LogP contribution >= 0.6 is 0 Å². The van der Waals surface area contributed by atoms with Gasteiger partial charge in [0.05, 0.1) is 0 Å². The molecule has 1 aromatic heterocycles. The highest BCUT2D eigenvalue weighted by Crippen LogP contribution is 2.19. The first-order valence-electron chi connectivity index (χ1n) is 10.7. The van der Waals surface area contributed by atoms with Crippen molar-refractivity contribution in [2.45, 2.75) is 19.8 Å². The first-order valence-corrected chi connectivity index (χ1v) is 10.7. The fourth-order valence-corrected chi connectivity index (χ4v) is 3.84. The summed E-state index contributed by atoms with van der Waals surface area (Å²) < 4.78 is 15.4. The second-order valence-electron chi connectivity index (χ2n) is 8.06. The van der Waals surface area contributed by atoms with Gasteiger partial charge in [-0.05, 0) is 56.0 Å². The SMILES string of the molecule is Cc1ccc(NC(=O)NCC2CCCN(C(=O)c3ccn(-c4ccccc4F)n3)C2)cc1. The predicted octanol–water partition coefficient (Wildman–Crippen LogP) is 3.99. The van der Waals surface area contributed by atoms with Crippen LogP contribution in [0.15, 0.2) is 60.8 Å². The minimum absolute atomic E-state index is 0.158. The molecule has 4 rings (SSSR count). The van der Waals surface area contributed by atoms with E-state index in [1.165, 1.54) is 10.7 Å². The van der Waals surface area contributed by atoms with Gasteiger partial charge in [0.15, 0.2) is 5.69 Å². The Kier molecular flexibility index (Phi) is 6.49. The summed E-state index contributed by atoms with van der Waals surface area (Å²) in [5, 5.41) is 9.99. The predicted molar refractivity (Wildman–Crippen MR) is 120 cm³/mol. The number of amides is 3. The maximum Gasteiger partial charge on any atom is 0.319 e. The van der Waals surface area contributed by atoms with Crippen LogP contribution in [0.25, 0.3) is 5.69 Å². The summed E-state index contributed by atoms with van der Waals surface area (Å²) in [5.74, 6) is -0.429. The lowest BCUT2D eigenvalue weighted by molar-refractivity contribution is 0.0668. The van der Waals surface area contributed by atoms with Crippen LogP contribution in [0, 0.1) is 18.7 Å². The highest BCUT2D eigenvalue weighted by molar-refractivity contribution is 5.92. The number of aryl methyl sites for hydroxylation is 1. The third-order valence-corrected chi connectivity index (χ3v) is 5.57. The molecule has 1 unspecified atom stereocenters. The summed E-state index contributed by atoms with van der Waals surface area (Å²) in [6, 6.07) is 15.2. The Morgan fingerprint density at radius 3 is 2.69 bits per heavy atom. The number of aromatic nitrogens is 2. The van der Waals surface area contributed by atoms with Crippen molar-refractivity contribution in [3.8, 4) is 5.69 Å². The van der Waals surface area contributed by atoms with E-state index in [4.69, 9.17) is 0 Å². The third kappa shape index (κ3) is 5.14. The molecular weight excluding hydrogens is 409 g/mol. The summed E-state index contributed by atoms with van der Waals surface area (Å²) in [6.45, 7) is 3.64. The van der Waals surface area contributed by atoms with Gasteiger partial charge in [0.1, 0.15) is 11.5 Å². The molecule has 1 aliphatic heterocycles. The van der Waals surface area contributed by atoms with Crippen LogP contribution < -0.4 is 10.6 Å². The van der Waals surface area contributed by atoms with Crippen LogP contribution in [0.3, 0.4) is 0 Å². The third-order valence-electron chi connectivity index (χ3n) is 5.57. The van der Waals surface area contributed by atoms with Crippen molar-refractivity contribution in [3.63, 3.8) is 0 Å². The molecule has 166 valence electrons. The Morgan fingerprint density at radius 2 is 1.91 bits per heavy atom. The quantitative estimate of drug-likeness (QED) is 0.636. The van der Waals surface area contributed by atoms with Crippen molar-refractivity contribution in [2.24, 2.45) is 5.92 Å². The summed E-state index contributed by atoms with van der Waals surface area (Å²) in [5.41, 5.74) is 2.44. The van der Waals surface area contributed by atoms with Crippen molar-refractivity contribution in [2.75, 3.05) is 25.0 Å². The smallest absolute Gasteiger partial charge is 0.319 e. The lowest BCUT2D eigenvalue weighted by Gasteiger charge is -2.32. The van der Waals surface area contributed by atoms with Crippen molar-refractivity contribution in [1.29, 1.82) is 0 Å². The molecule has 1 atom stereocenters. The number of nitrogens with zero attached hydrogens (tertiary/aromatic N) is 3. The van der Waals surface area contributed by atoms with Gasteiger partial charge in [-0.25, -0.2) is 13.9 Å². The summed E-state index contributed by atoms with van der Waals surface area (Å²) >= 11 is 0. The van der Waals surface area contributed by atoms with Gasteiger partial charge in [0, 0.05) is 31.5 Å². The van der Waals surface area contributed by atoms with Crippen molar-refractivity contribution >= 4 is 17.6 Å². The van der Waals surface area contributed by atoms with E-state index in [9.17, 15) is 14.0 Å². The molecule has 1 aliphatic rings. The Hall–Kier alpha value is -3.68.